The van der Waals surface area contributed by atoms with E-state index < -0.39 is 28.0 Å². The number of benzene rings is 1. The molecule has 2 aromatic rings. The number of hydrogen-bond donors (Lipinski definition) is 1. The lowest BCUT2D eigenvalue weighted by molar-refractivity contribution is 0.0600. The highest BCUT2D eigenvalue weighted by atomic mass is 32.2. The van der Waals surface area contributed by atoms with Crippen LogP contribution in [0.2, 0.25) is 0 Å². The van der Waals surface area contributed by atoms with Crippen molar-refractivity contribution in [1.82, 2.24) is 9.21 Å². The molecule has 206 valence electrons. The zero-order valence-electron chi connectivity index (χ0n) is 21.8. The van der Waals surface area contributed by atoms with Crippen molar-refractivity contribution in [1.29, 1.82) is 0 Å². The van der Waals surface area contributed by atoms with Gasteiger partial charge in [-0.3, -0.25) is 4.79 Å². The largest absolute Gasteiger partial charge is 0.465 e. The number of sulfonamides is 1. The second kappa shape index (κ2) is 11.8. The number of carbonyl (C=O) groups excluding carboxylic acids is 3. The van der Waals surface area contributed by atoms with Gasteiger partial charge in [-0.25, -0.2) is 18.0 Å². The smallest absolute Gasteiger partial charge is 0.410 e. The maximum Gasteiger partial charge on any atom is 0.410 e. The molecule has 2 aliphatic heterocycles. The molecule has 10 nitrogen and oxygen atoms in total. The zero-order chi connectivity index (χ0) is 27.4. The van der Waals surface area contributed by atoms with Gasteiger partial charge in [0.15, 0.2) is 0 Å². The minimum absolute atomic E-state index is 0.0157. The number of thiophene rings is 1. The SMILES string of the molecule is CCOC(=O)N1CCc2c(sc(NC(=O)c3ccc(S(=O)(=O)N4CCCCC4CC)cc3)c2C(=O)OC)C1. The molecule has 0 spiro atoms. The van der Waals surface area contributed by atoms with Crippen LogP contribution in [0.25, 0.3) is 0 Å². The molecule has 1 atom stereocenters. The molecule has 2 aliphatic rings. The normalized spacial score (nSPS) is 18.0. The summed E-state index contributed by atoms with van der Waals surface area (Å²) in [5.74, 6) is -1.06. The minimum Gasteiger partial charge on any atom is -0.465 e. The van der Waals surface area contributed by atoms with Crippen LogP contribution in [0, 0.1) is 0 Å². The fourth-order valence-corrected chi connectivity index (χ4v) is 7.98. The third-order valence-electron chi connectivity index (χ3n) is 6.97. The van der Waals surface area contributed by atoms with E-state index in [1.165, 1.54) is 42.7 Å². The van der Waals surface area contributed by atoms with Crippen molar-refractivity contribution < 1.29 is 32.3 Å². The molecule has 0 aliphatic carbocycles. The van der Waals surface area contributed by atoms with Crippen LogP contribution in [-0.4, -0.2) is 68.4 Å². The summed E-state index contributed by atoms with van der Waals surface area (Å²) in [6.07, 6.45) is 3.45. The van der Waals surface area contributed by atoms with Crippen molar-refractivity contribution in [2.45, 2.75) is 63.4 Å². The maximum absolute atomic E-state index is 13.2. The summed E-state index contributed by atoms with van der Waals surface area (Å²) in [7, 11) is -2.39. The highest BCUT2D eigenvalue weighted by Gasteiger charge is 2.33. The summed E-state index contributed by atoms with van der Waals surface area (Å²) in [4.78, 5) is 40.4. The third-order valence-corrected chi connectivity index (χ3v) is 10.1. The molecule has 1 N–H and O–H groups in total. The Balaban J connectivity index is 1.54. The van der Waals surface area contributed by atoms with E-state index in [-0.39, 0.29) is 35.2 Å². The number of nitrogens with one attached hydrogen (secondary N) is 1. The topological polar surface area (TPSA) is 122 Å². The quantitative estimate of drug-likeness (QED) is 0.500. The number of hydrogen-bond acceptors (Lipinski definition) is 8. The van der Waals surface area contributed by atoms with Gasteiger partial charge in [0.25, 0.3) is 5.91 Å². The van der Waals surface area contributed by atoms with Gasteiger partial charge in [0, 0.05) is 29.6 Å². The van der Waals surface area contributed by atoms with Crippen LogP contribution < -0.4 is 5.32 Å². The lowest BCUT2D eigenvalue weighted by atomic mass is 10.0. The Morgan fingerprint density at radius 2 is 1.84 bits per heavy atom. The molecule has 1 saturated heterocycles. The Hall–Kier alpha value is -2.96. The molecule has 0 saturated carbocycles. The Kier molecular flexibility index (Phi) is 8.74. The molecular weight excluding hydrogens is 530 g/mol. The summed E-state index contributed by atoms with van der Waals surface area (Å²) < 4.78 is 38.1. The van der Waals surface area contributed by atoms with E-state index in [9.17, 15) is 22.8 Å². The summed E-state index contributed by atoms with van der Waals surface area (Å²) >= 11 is 1.21. The molecule has 12 heteroatoms. The zero-order valence-corrected chi connectivity index (χ0v) is 23.5. The molecule has 0 bridgehead atoms. The predicted octanol–water partition coefficient (Wildman–Crippen LogP) is 4.25. The van der Waals surface area contributed by atoms with E-state index in [2.05, 4.69) is 5.32 Å². The Labute approximate surface area is 226 Å². The monoisotopic (exact) mass is 563 g/mol. The second-order valence-corrected chi connectivity index (χ2v) is 12.2. The number of methoxy groups -OCH3 is 1. The summed E-state index contributed by atoms with van der Waals surface area (Å²) in [6, 6.07) is 5.83. The Morgan fingerprint density at radius 1 is 1.11 bits per heavy atom. The number of rotatable bonds is 7. The van der Waals surface area contributed by atoms with Crippen LogP contribution in [-0.2, 0) is 32.5 Å². The molecular formula is C26H33N3O7S2. The van der Waals surface area contributed by atoms with Crippen molar-refractivity contribution >= 4 is 44.3 Å². The summed E-state index contributed by atoms with van der Waals surface area (Å²) in [5, 5.41) is 3.12. The van der Waals surface area contributed by atoms with E-state index >= 15 is 0 Å². The van der Waals surface area contributed by atoms with Gasteiger partial charge in [-0.05, 0) is 62.4 Å². The molecule has 0 radical (unpaired) electrons. The predicted molar refractivity (Wildman–Crippen MR) is 143 cm³/mol. The van der Waals surface area contributed by atoms with Crippen LogP contribution in [0.3, 0.4) is 0 Å². The standard InChI is InChI=1S/C26H33N3O7S2/c1-4-18-8-6-7-14-29(18)38(33,34)19-11-9-17(10-12-19)23(30)27-24-22(25(31)35-3)20-13-15-28(16-21(20)37-24)26(32)36-5-2/h9-12,18H,4-8,13-16H2,1-3H3,(H,27,30). The number of piperidine rings is 1. The molecule has 38 heavy (non-hydrogen) atoms. The molecule has 1 aromatic carbocycles. The Bertz CT molecular complexity index is 1300. The first-order valence-electron chi connectivity index (χ1n) is 12.8. The van der Waals surface area contributed by atoms with Gasteiger partial charge < -0.3 is 19.7 Å². The van der Waals surface area contributed by atoms with Gasteiger partial charge in [0.2, 0.25) is 10.0 Å². The fraction of sp³-hybridized carbons (Fsp3) is 0.500. The van der Waals surface area contributed by atoms with Crippen molar-refractivity contribution in [2.24, 2.45) is 0 Å². The number of nitrogens with zero attached hydrogens (tertiary/aromatic N) is 2. The third kappa shape index (κ3) is 5.57. The summed E-state index contributed by atoms with van der Waals surface area (Å²) in [5.41, 5.74) is 1.27. The summed E-state index contributed by atoms with van der Waals surface area (Å²) in [6.45, 7) is 5.13. The first-order valence-corrected chi connectivity index (χ1v) is 15.0. The number of esters is 1. The van der Waals surface area contributed by atoms with Crippen LogP contribution in [0.1, 0.15) is 70.7 Å². The highest BCUT2D eigenvalue weighted by Crippen LogP contribution is 2.38. The number of anilines is 1. The van der Waals surface area contributed by atoms with E-state index in [4.69, 9.17) is 9.47 Å². The van der Waals surface area contributed by atoms with Crippen molar-refractivity contribution in [3.63, 3.8) is 0 Å². The minimum atomic E-state index is -3.66. The van der Waals surface area contributed by atoms with Gasteiger partial charge >= 0.3 is 12.1 Å². The highest BCUT2D eigenvalue weighted by molar-refractivity contribution is 7.89. The molecule has 4 rings (SSSR count). The lowest BCUT2D eigenvalue weighted by Crippen LogP contribution is -2.43. The first-order chi connectivity index (χ1) is 18.2. The average molecular weight is 564 g/mol. The van der Waals surface area contributed by atoms with E-state index in [1.807, 2.05) is 6.92 Å². The molecule has 1 unspecified atom stereocenters. The molecule has 1 fully saturated rings. The number of amides is 2. The van der Waals surface area contributed by atoms with Gasteiger partial charge in [-0.2, -0.15) is 4.31 Å². The number of fused-ring (bicyclic) bond motifs is 1. The van der Waals surface area contributed by atoms with Gasteiger partial charge in [0.05, 0.1) is 30.7 Å². The van der Waals surface area contributed by atoms with Crippen molar-refractivity contribution in [3.8, 4) is 0 Å². The van der Waals surface area contributed by atoms with Crippen LogP contribution in [0.4, 0.5) is 9.80 Å². The van der Waals surface area contributed by atoms with Crippen molar-refractivity contribution in [2.75, 3.05) is 32.1 Å². The average Bonchev–Trinajstić information content (AvgIpc) is 3.29. The first kappa shape index (κ1) is 28.1. The Morgan fingerprint density at radius 3 is 2.50 bits per heavy atom. The van der Waals surface area contributed by atoms with E-state index in [0.29, 0.717) is 24.5 Å². The van der Waals surface area contributed by atoms with E-state index in [0.717, 1.165) is 36.1 Å². The van der Waals surface area contributed by atoms with Crippen LogP contribution in [0.15, 0.2) is 29.2 Å². The molecule has 3 heterocycles. The number of carbonyl (C=O) groups is 3. The maximum atomic E-state index is 13.2. The number of ether oxygens (including phenoxy) is 2. The lowest BCUT2D eigenvalue weighted by Gasteiger charge is -2.34. The van der Waals surface area contributed by atoms with E-state index in [1.54, 1.807) is 16.1 Å². The van der Waals surface area contributed by atoms with Gasteiger partial charge in [0.1, 0.15) is 5.00 Å². The fourth-order valence-electron chi connectivity index (χ4n) is 4.97. The van der Waals surface area contributed by atoms with Crippen LogP contribution >= 0.6 is 11.3 Å². The van der Waals surface area contributed by atoms with Crippen LogP contribution in [0.5, 0.6) is 0 Å². The second-order valence-electron chi connectivity index (χ2n) is 9.22. The van der Waals surface area contributed by atoms with Crippen molar-refractivity contribution in [3.05, 3.63) is 45.8 Å². The van der Waals surface area contributed by atoms with Gasteiger partial charge in [-0.1, -0.05) is 13.3 Å². The molecule has 2 amide bonds. The van der Waals surface area contributed by atoms with Gasteiger partial charge in [-0.15, -0.1) is 11.3 Å². The molecule has 1 aromatic heterocycles.